The van der Waals surface area contributed by atoms with E-state index >= 15 is 0 Å². The van der Waals surface area contributed by atoms with Crippen molar-refractivity contribution in [1.82, 2.24) is 10.2 Å². The summed E-state index contributed by atoms with van der Waals surface area (Å²) in [6, 6.07) is 0.645. The van der Waals surface area contributed by atoms with Gasteiger partial charge in [0.15, 0.2) is 0 Å². The molecule has 0 aromatic carbocycles. The first-order chi connectivity index (χ1) is 5.68. The Morgan fingerprint density at radius 2 is 2.08 bits per heavy atom. The molecule has 12 heavy (non-hydrogen) atoms. The molecule has 0 atom stereocenters. The summed E-state index contributed by atoms with van der Waals surface area (Å²) in [5, 5.41) is 3.36. The lowest BCUT2D eigenvalue weighted by Crippen LogP contribution is -2.33. The van der Waals surface area contributed by atoms with E-state index in [1.54, 1.807) is 0 Å². The van der Waals surface area contributed by atoms with E-state index in [-0.39, 0.29) is 0 Å². The highest BCUT2D eigenvalue weighted by atomic mass is 15.1. The molecule has 0 aliphatic heterocycles. The van der Waals surface area contributed by atoms with Crippen molar-refractivity contribution < 1.29 is 0 Å². The molecule has 0 aromatic heterocycles. The van der Waals surface area contributed by atoms with Gasteiger partial charge < -0.3 is 10.2 Å². The molecule has 0 unspecified atom stereocenters. The zero-order valence-electron chi connectivity index (χ0n) is 8.64. The Morgan fingerprint density at radius 3 is 2.58 bits per heavy atom. The molecule has 0 aliphatic rings. The SMILES string of the molecule is C=CCCNCCN(C)C(C)C. The second-order valence-corrected chi connectivity index (χ2v) is 3.40. The number of rotatable bonds is 7. The van der Waals surface area contributed by atoms with Crippen molar-refractivity contribution in [3.63, 3.8) is 0 Å². The fourth-order valence-electron chi connectivity index (χ4n) is 0.843. The highest BCUT2D eigenvalue weighted by molar-refractivity contribution is 4.68. The molecule has 0 saturated heterocycles. The van der Waals surface area contributed by atoms with Crippen LogP contribution < -0.4 is 5.32 Å². The van der Waals surface area contributed by atoms with Gasteiger partial charge in [-0.05, 0) is 33.9 Å². The maximum atomic E-state index is 3.67. The summed E-state index contributed by atoms with van der Waals surface area (Å²) < 4.78 is 0. The van der Waals surface area contributed by atoms with Crippen molar-refractivity contribution >= 4 is 0 Å². The third-order valence-electron chi connectivity index (χ3n) is 2.05. The molecule has 0 heterocycles. The Morgan fingerprint density at radius 1 is 1.42 bits per heavy atom. The van der Waals surface area contributed by atoms with Crippen LogP contribution in [0.2, 0.25) is 0 Å². The molecule has 0 amide bonds. The van der Waals surface area contributed by atoms with Gasteiger partial charge in [-0.15, -0.1) is 6.58 Å². The van der Waals surface area contributed by atoms with Gasteiger partial charge in [-0.3, -0.25) is 0 Å². The molecular weight excluding hydrogens is 148 g/mol. The molecule has 0 saturated carbocycles. The molecule has 2 nitrogen and oxygen atoms in total. The molecule has 0 aromatic rings. The first-order valence-electron chi connectivity index (χ1n) is 4.70. The summed E-state index contributed by atoms with van der Waals surface area (Å²) in [5.41, 5.74) is 0. The smallest absolute Gasteiger partial charge is 0.0106 e. The van der Waals surface area contributed by atoms with Gasteiger partial charge in [0.1, 0.15) is 0 Å². The highest BCUT2D eigenvalue weighted by Crippen LogP contribution is 1.90. The van der Waals surface area contributed by atoms with Gasteiger partial charge in [-0.2, -0.15) is 0 Å². The quantitative estimate of drug-likeness (QED) is 0.460. The maximum absolute atomic E-state index is 3.67. The van der Waals surface area contributed by atoms with Crippen molar-refractivity contribution in [2.75, 3.05) is 26.7 Å². The monoisotopic (exact) mass is 170 g/mol. The summed E-state index contributed by atoms with van der Waals surface area (Å²) >= 11 is 0. The Labute approximate surface area is 76.6 Å². The van der Waals surface area contributed by atoms with E-state index in [1.165, 1.54) is 0 Å². The van der Waals surface area contributed by atoms with E-state index in [9.17, 15) is 0 Å². The molecule has 72 valence electrons. The predicted molar refractivity (Wildman–Crippen MR) is 55.4 cm³/mol. The Kier molecular flexibility index (Phi) is 7.11. The number of hydrogen-bond donors (Lipinski definition) is 1. The zero-order chi connectivity index (χ0) is 9.40. The molecule has 2 heteroatoms. The van der Waals surface area contributed by atoms with Crippen molar-refractivity contribution in [2.45, 2.75) is 26.3 Å². The van der Waals surface area contributed by atoms with E-state index in [1.807, 2.05) is 6.08 Å². The lowest BCUT2D eigenvalue weighted by molar-refractivity contribution is 0.274. The third kappa shape index (κ3) is 6.38. The summed E-state index contributed by atoms with van der Waals surface area (Å²) in [6.45, 7) is 11.3. The van der Waals surface area contributed by atoms with Gasteiger partial charge in [-0.25, -0.2) is 0 Å². The molecule has 0 bridgehead atoms. The highest BCUT2D eigenvalue weighted by Gasteiger charge is 2.00. The average molecular weight is 170 g/mol. The second-order valence-electron chi connectivity index (χ2n) is 3.40. The summed E-state index contributed by atoms with van der Waals surface area (Å²) in [7, 11) is 2.15. The lowest BCUT2D eigenvalue weighted by atomic mass is 10.3. The van der Waals surface area contributed by atoms with E-state index in [0.717, 1.165) is 26.1 Å². The number of nitrogens with one attached hydrogen (secondary N) is 1. The largest absolute Gasteiger partial charge is 0.315 e. The van der Waals surface area contributed by atoms with Crippen molar-refractivity contribution in [1.29, 1.82) is 0 Å². The molecule has 0 spiro atoms. The Bertz CT molecular complexity index is 110. The van der Waals surface area contributed by atoms with E-state index in [0.29, 0.717) is 6.04 Å². The summed E-state index contributed by atoms with van der Waals surface area (Å²) in [6.07, 6.45) is 3.00. The minimum atomic E-state index is 0.645. The van der Waals surface area contributed by atoms with Gasteiger partial charge in [0.25, 0.3) is 0 Å². The molecule has 0 rings (SSSR count). The number of likely N-dealkylation sites (N-methyl/N-ethyl adjacent to an activating group) is 1. The van der Waals surface area contributed by atoms with Crippen LogP contribution in [0.25, 0.3) is 0 Å². The normalized spacial score (nSPS) is 11.1. The predicted octanol–water partition coefficient (Wildman–Crippen LogP) is 1.49. The standard InChI is InChI=1S/C10H22N2/c1-5-6-7-11-8-9-12(4)10(2)3/h5,10-11H,1,6-9H2,2-4H3. The molecule has 0 radical (unpaired) electrons. The molecular formula is C10H22N2. The van der Waals surface area contributed by atoms with Crippen LogP contribution >= 0.6 is 0 Å². The van der Waals surface area contributed by atoms with Gasteiger partial charge in [-0.1, -0.05) is 6.08 Å². The minimum absolute atomic E-state index is 0.645. The van der Waals surface area contributed by atoms with Crippen molar-refractivity contribution in [3.05, 3.63) is 12.7 Å². The number of hydrogen-bond acceptors (Lipinski definition) is 2. The second kappa shape index (κ2) is 7.32. The van der Waals surface area contributed by atoms with E-state index in [4.69, 9.17) is 0 Å². The summed E-state index contributed by atoms with van der Waals surface area (Å²) in [5.74, 6) is 0. The van der Waals surface area contributed by atoms with Crippen LogP contribution in [0.15, 0.2) is 12.7 Å². The van der Waals surface area contributed by atoms with Crippen LogP contribution in [-0.2, 0) is 0 Å². The summed E-state index contributed by atoms with van der Waals surface area (Å²) in [4.78, 5) is 2.33. The van der Waals surface area contributed by atoms with Crippen LogP contribution in [0.3, 0.4) is 0 Å². The maximum Gasteiger partial charge on any atom is 0.0106 e. The van der Waals surface area contributed by atoms with E-state index in [2.05, 4.69) is 37.7 Å². The topological polar surface area (TPSA) is 15.3 Å². The van der Waals surface area contributed by atoms with Crippen LogP contribution in [-0.4, -0.2) is 37.6 Å². The minimum Gasteiger partial charge on any atom is -0.315 e. The molecule has 0 aliphatic carbocycles. The zero-order valence-corrected chi connectivity index (χ0v) is 8.64. The van der Waals surface area contributed by atoms with Crippen LogP contribution in [0, 0.1) is 0 Å². The van der Waals surface area contributed by atoms with Gasteiger partial charge in [0.05, 0.1) is 0 Å². The van der Waals surface area contributed by atoms with Gasteiger partial charge >= 0.3 is 0 Å². The number of nitrogens with zero attached hydrogens (tertiary/aromatic N) is 1. The first-order valence-corrected chi connectivity index (χ1v) is 4.70. The van der Waals surface area contributed by atoms with Gasteiger partial charge in [0.2, 0.25) is 0 Å². The average Bonchev–Trinajstić information content (AvgIpc) is 2.03. The van der Waals surface area contributed by atoms with Crippen LogP contribution in [0.1, 0.15) is 20.3 Å². The van der Waals surface area contributed by atoms with Gasteiger partial charge in [0, 0.05) is 19.1 Å². The lowest BCUT2D eigenvalue weighted by Gasteiger charge is -2.20. The van der Waals surface area contributed by atoms with Crippen LogP contribution in [0.5, 0.6) is 0 Å². The third-order valence-corrected chi connectivity index (χ3v) is 2.05. The fraction of sp³-hybridized carbons (Fsp3) is 0.800. The fourth-order valence-corrected chi connectivity index (χ4v) is 0.843. The molecule has 1 N–H and O–H groups in total. The Balaban J connectivity index is 3.13. The van der Waals surface area contributed by atoms with E-state index < -0.39 is 0 Å². The first kappa shape index (κ1) is 11.7. The van der Waals surface area contributed by atoms with Crippen molar-refractivity contribution in [3.8, 4) is 0 Å². The van der Waals surface area contributed by atoms with Crippen molar-refractivity contribution in [2.24, 2.45) is 0 Å². The molecule has 0 fully saturated rings. The Hall–Kier alpha value is -0.340. The van der Waals surface area contributed by atoms with Crippen LogP contribution in [0.4, 0.5) is 0 Å².